The molecule has 2 N–H and O–H groups in total. The Bertz CT molecular complexity index is 839. The number of nitrogens with zero attached hydrogens (tertiary/aromatic N) is 3. The molecule has 1 aromatic heterocycles. The molecule has 0 bridgehead atoms. The summed E-state index contributed by atoms with van der Waals surface area (Å²) in [6.07, 6.45) is 0.954. The van der Waals surface area contributed by atoms with E-state index in [0.717, 1.165) is 25.4 Å². The molecular formula is C14H18FN5O3S. The number of rotatable bonds is 4. The van der Waals surface area contributed by atoms with Crippen LogP contribution in [0, 0.1) is 5.82 Å². The van der Waals surface area contributed by atoms with Crippen LogP contribution in [0.15, 0.2) is 22.7 Å². The molecule has 2 aromatic rings. The topological polar surface area (TPSA) is 100 Å². The van der Waals surface area contributed by atoms with E-state index in [1.807, 2.05) is 7.05 Å². The molecule has 2 heterocycles. The molecule has 0 aliphatic carbocycles. The van der Waals surface area contributed by atoms with Crippen LogP contribution in [0.1, 0.15) is 11.9 Å². The van der Waals surface area contributed by atoms with Crippen molar-refractivity contribution in [3.63, 3.8) is 0 Å². The largest absolute Gasteiger partial charge is 0.334 e. The summed E-state index contributed by atoms with van der Waals surface area (Å²) in [5.74, 6) is 0.0577. The molecule has 1 aliphatic heterocycles. The Hall–Kier alpha value is -2.04. The van der Waals surface area contributed by atoms with Gasteiger partial charge in [0.2, 0.25) is 10.0 Å². The minimum Gasteiger partial charge on any atom is -0.334 e. The maximum Gasteiger partial charge on any atom is 0.258 e. The van der Waals surface area contributed by atoms with Crippen LogP contribution in [-0.4, -0.2) is 56.4 Å². The maximum atomic E-state index is 13.8. The van der Waals surface area contributed by atoms with Gasteiger partial charge < -0.3 is 9.84 Å². The fourth-order valence-corrected chi connectivity index (χ4v) is 3.07. The second-order valence-corrected chi connectivity index (χ2v) is 7.48. The Morgan fingerprint density at radius 1 is 1.46 bits per heavy atom. The number of piperazine rings is 1. The third kappa shape index (κ3) is 3.71. The highest BCUT2D eigenvalue weighted by molar-refractivity contribution is 7.92. The molecule has 0 radical (unpaired) electrons. The minimum absolute atomic E-state index is 0.00897. The number of hydrogen-bond donors (Lipinski definition) is 2. The SMILES string of the molecule is CN1CCNCC1c1noc(-c2ccc(F)c(NS(C)(=O)=O)c2)n1. The quantitative estimate of drug-likeness (QED) is 0.837. The summed E-state index contributed by atoms with van der Waals surface area (Å²) >= 11 is 0. The summed E-state index contributed by atoms with van der Waals surface area (Å²) in [7, 11) is -1.61. The van der Waals surface area contributed by atoms with Gasteiger partial charge in [0.1, 0.15) is 5.82 Å². The maximum absolute atomic E-state index is 13.8. The van der Waals surface area contributed by atoms with Crippen LogP contribution < -0.4 is 10.0 Å². The van der Waals surface area contributed by atoms with Gasteiger partial charge in [-0.1, -0.05) is 5.16 Å². The van der Waals surface area contributed by atoms with E-state index in [1.54, 1.807) is 0 Å². The van der Waals surface area contributed by atoms with Crippen molar-refractivity contribution in [2.45, 2.75) is 6.04 Å². The lowest BCUT2D eigenvalue weighted by molar-refractivity contribution is 0.190. The first-order chi connectivity index (χ1) is 11.3. The van der Waals surface area contributed by atoms with E-state index in [1.165, 1.54) is 12.1 Å². The van der Waals surface area contributed by atoms with Gasteiger partial charge in [-0.15, -0.1) is 0 Å². The predicted octanol–water partition coefficient (Wildman–Crippen LogP) is 0.823. The molecule has 1 unspecified atom stereocenters. The van der Waals surface area contributed by atoms with Gasteiger partial charge in [0, 0.05) is 25.2 Å². The van der Waals surface area contributed by atoms with Gasteiger partial charge in [0.15, 0.2) is 5.82 Å². The molecule has 1 aromatic carbocycles. The van der Waals surface area contributed by atoms with Crippen LogP contribution in [0.3, 0.4) is 0 Å². The molecule has 0 saturated carbocycles. The molecular weight excluding hydrogens is 337 g/mol. The fraction of sp³-hybridized carbons (Fsp3) is 0.429. The first-order valence-corrected chi connectivity index (χ1v) is 9.25. The summed E-state index contributed by atoms with van der Waals surface area (Å²) in [6, 6.07) is 3.94. The van der Waals surface area contributed by atoms with E-state index < -0.39 is 15.8 Å². The Kier molecular flexibility index (Phi) is 4.52. The second-order valence-electron chi connectivity index (χ2n) is 5.73. The highest BCUT2D eigenvalue weighted by Gasteiger charge is 2.25. The van der Waals surface area contributed by atoms with Crippen molar-refractivity contribution in [1.29, 1.82) is 0 Å². The van der Waals surface area contributed by atoms with E-state index >= 15 is 0 Å². The molecule has 24 heavy (non-hydrogen) atoms. The lowest BCUT2D eigenvalue weighted by atomic mass is 10.2. The molecule has 0 spiro atoms. The third-order valence-electron chi connectivity index (χ3n) is 3.76. The highest BCUT2D eigenvalue weighted by atomic mass is 32.2. The van der Waals surface area contributed by atoms with Crippen molar-refractivity contribution < 1.29 is 17.3 Å². The average Bonchev–Trinajstić information content (AvgIpc) is 2.98. The van der Waals surface area contributed by atoms with Crippen molar-refractivity contribution in [1.82, 2.24) is 20.4 Å². The van der Waals surface area contributed by atoms with E-state index in [-0.39, 0.29) is 17.6 Å². The Balaban J connectivity index is 1.88. The molecule has 3 rings (SSSR count). The molecule has 1 fully saturated rings. The summed E-state index contributed by atoms with van der Waals surface area (Å²) < 4.78 is 43.8. The van der Waals surface area contributed by atoms with E-state index in [0.29, 0.717) is 17.9 Å². The van der Waals surface area contributed by atoms with Crippen LogP contribution in [-0.2, 0) is 10.0 Å². The summed E-state index contributed by atoms with van der Waals surface area (Å²) in [4.78, 5) is 6.48. The first-order valence-electron chi connectivity index (χ1n) is 7.36. The fourth-order valence-electron chi connectivity index (χ4n) is 2.52. The molecule has 1 atom stereocenters. The number of nitrogens with one attached hydrogen (secondary N) is 2. The zero-order valence-electron chi connectivity index (χ0n) is 13.3. The molecule has 8 nitrogen and oxygen atoms in total. The lowest BCUT2D eigenvalue weighted by Crippen LogP contribution is -2.44. The van der Waals surface area contributed by atoms with E-state index in [4.69, 9.17) is 4.52 Å². The van der Waals surface area contributed by atoms with E-state index in [2.05, 4.69) is 25.1 Å². The number of benzene rings is 1. The number of sulfonamides is 1. The number of halogens is 1. The van der Waals surface area contributed by atoms with Crippen LogP contribution in [0.25, 0.3) is 11.5 Å². The zero-order valence-corrected chi connectivity index (χ0v) is 14.1. The minimum atomic E-state index is -3.59. The van der Waals surface area contributed by atoms with E-state index in [9.17, 15) is 12.8 Å². The van der Waals surface area contributed by atoms with Gasteiger partial charge in [-0.25, -0.2) is 12.8 Å². The zero-order chi connectivity index (χ0) is 17.3. The van der Waals surface area contributed by atoms with Crippen LogP contribution >= 0.6 is 0 Å². The average molecular weight is 355 g/mol. The monoisotopic (exact) mass is 355 g/mol. The van der Waals surface area contributed by atoms with Crippen LogP contribution in [0.4, 0.5) is 10.1 Å². The molecule has 130 valence electrons. The van der Waals surface area contributed by atoms with Crippen molar-refractivity contribution in [3.8, 4) is 11.5 Å². The molecule has 1 aliphatic rings. The van der Waals surface area contributed by atoms with Gasteiger partial charge in [-0.05, 0) is 25.2 Å². The summed E-state index contributed by atoms with van der Waals surface area (Å²) in [6.45, 7) is 2.48. The lowest BCUT2D eigenvalue weighted by Gasteiger charge is -2.30. The summed E-state index contributed by atoms with van der Waals surface area (Å²) in [5, 5.41) is 7.26. The van der Waals surface area contributed by atoms with Crippen LogP contribution in [0.5, 0.6) is 0 Å². The van der Waals surface area contributed by atoms with Gasteiger partial charge in [-0.2, -0.15) is 4.98 Å². The Morgan fingerprint density at radius 2 is 2.25 bits per heavy atom. The van der Waals surface area contributed by atoms with Gasteiger partial charge >= 0.3 is 0 Å². The van der Waals surface area contributed by atoms with Gasteiger partial charge in [0.25, 0.3) is 5.89 Å². The van der Waals surface area contributed by atoms with Crippen molar-refractivity contribution in [2.24, 2.45) is 0 Å². The van der Waals surface area contributed by atoms with Gasteiger partial charge in [-0.3, -0.25) is 9.62 Å². The Labute approximate surface area is 139 Å². The number of aromatic nitrogens is 2. The second kappa shape index (κ2) is 6.46. The highest BCUT2D eigenvalue weighted by Crippen LogP contribution is 2.26. The standard InChI is InChI=1S/C14H18FN5O3S/c1-20-6-5-16-8-12(20)13-17-14(23-18-13)9-3-4-10(15)11(7-9)19-24(2,21)22/h3-4,7,12,16,19H,5-6,8H2,1-2H3. The third-order valence-corrected chi connectivity index (χ3v) is 4.35. The smallest absolute Gasteiger partial charge is 0.258 e. The number of anilines is 1. The van der Waals surface area contributed by atoms with Gasteiger partial charge in [0.05, 0.1) is 18.0 Å². The Morgan fingerprint density at radius 3 is 2.96 bits per heavy atom. The van der Waals surface area contributed by atoms with Crippen molar-refractivity contribution in [3.05, 3.63) is 29.8 Å². The summed E-state index contributed by atoms with van der Waals surface area (Å²) in [5.41, 5.74) is 0.277. The number of hydrogen-bond acceptors (Lipinski definition) is 7. The van der Waals surface area contributed by atoms with Crippen molar-refractivity contribution >= 4 is 15.7 Å². The normalized spacial score (nSPS) is 19.4. The molecule has 0 amide bonds. The molecule has 10 heteroatoms. The van der Waals surface area contributed by atoms with Crippen molar-refractivity contribution in [2.75, 3.05) is 37.7 Å². The first kappa shape index (κ1) is 16.8. The number of likely N-dealkylation sites (N-methyl/N-ethyl adjacent to an activating group) is 1. The van der Waals surface area contributed by atoms with Crippen LogP contribution in [0.2, 0.25) is 0 Å². The predicted molar refractivity (Wildman–Crippen MR) is 86.4 cm³/mol. The molecule has 1 saturated heterocycles.